The van der Waals surface area contributed by atoms with Gasteiger partial charge in [-0.15, -0.1) is 0 Å². The Hall–Kier alpha value is -2.33. The molecule has 0 saturated carbocycles. The normalized spacial score (nSPS) is 12.0. The Morgan fingerprint density at radius 1 is 1.14 bits per heavy atom. The van der Waals surface area contributed by atoms with Gasteiger partial charge < -0.3 is 16.2 Å². The van der Waals surface area contributed by atoms with E-state index < -0.39 is 0 Å². The van der Waals surface area contributed by atoms with Crippen molar-refractivity contribution in [2.24, 2.45) is 0 Å². The summed E-state index contributed by atoms with van der Waals surface area (Å²) in [5, 5.41) is 12.6. The summed E-state index contributed by atoms with van der Waals surface area (Å²) < 4.78 is 0. The fourth-order valence-corrected chi connectivity index (χ4v) is 2.32. The third kappa shape index (κ3) is 4.33. The van der Waals surface area contributed by atoms with Crippen molar-refractivity contribution in [3.63, 3.8) is 0 Å². The van der Waals surface area contributed by atoms with E-state index in [1.807, 2.05) is 19.1 Å². The fourth-order valence-electron chi connectivity index (χ4n) is 2.32. The molecule has 0 aliphatic heterocycles. The second-order valence-electron chi connectivity index (χ2n) is 5.32. The van der Waals surface area contributed by atoms with Gasteiger partial charge in [0.2, 0.25) is 0 Å². The van der Waals surface area contributed by atoms with Crippen LogP contribution in [0.15, 0.2) is 48.5 Å². The monoisotopic (exact) mass is 298 g/mol. The van der Waals surface area contributed by atoms with E-state index >= 15 is 0 Å². The van der Waals surface area contributed by atoms with Crippen LogP contribution in [0.2, 0.25) is 0 Å². The topological polar surface area (TPSA) is 75.3 Å². The van der Waals surface area contributed by atoms with Gasteiger partial charge in [-0.1, -0.05) is 19.1 Å². The van der Waals surface area contributed by atoms with Crippen molar-refractivity contribution in [1.82, 2.24) is 5.32 Å². The number of nitrogens with two attached hydrogens (primary N) is 1. The summed E-state index contributed by atoms with van der Waals surface area (Å²) in [4.78, 5) is 12.4. The maximum Gasteiger partial charge on any atom is 0.179 e. The van der Waals surface area contributed by atoms with Crippen LogP contribution in [0.5, 0.6) is 5.75 Å². The van der Waals surface area contributed by atoms with Gasteiger partial charge in [0.1, 0.15) is 5.75 Å². The minimum Gasteiger partial charge on any atom is -0.508 e. The lowest BCUT2D eigenvalue weighted by atomic mass is 10.0. The third-order valence-corrected chi connectivity index (χ3v) is 3.66. The van der Waals surface area contributed by atoms with Crippen LogP contribution in [0, 0.1) is 0 Å². The minimum atomic E-state index is -0.194. The van der Waals surface area contributed by atoms with E-state index in [-0.39, 0.29) is 17.6 Å². The molecule has 4 heteroatoms. The highest BCUT2D eigenvalue weighted by Crippen LogP contribution is 2.11. The number of carbonyl (C=O) groups excluding carboxylic acids is 1. The summed E-state index contributed by atoms with van der Waals surface area (Å²) >= 11 is 0. The zero-order valence-corrected chi connectivity index (χ0v) is 12.8. The molecule has 2 rings (SSSR count). The first-order valence-corrected chi connectivity index (χ1v) is 7.51. The number of carbonyl (C=O) groups is 1. The Morgan fingerprint density at radius 3 is 2.36 bits per heavy atom. The number of hydrogen-bond donors (Lipinski definition) is 3. The predicted molar refractivity (Wildman–Crippen MR) is 89.1 cm³/mol. The van der Waals surface area contributed by atoms with Crippen molar-refractivity contribution >= 4 is 11.5 Å². The number of nitrogen functional groups attached to an aromatic ring is 1. The van der Waals surface area contributed by atoms with Gasteiger partial charge in [0.05, 0.1) is 6.04 Å². The highest BCUT2D eigenvalue weighted by molar-refractivity contribution is 6.00. The zero-order valence-electron chi connectivity index (χ0n) is 12.8. The smallest absolute Gasteiger partial charge is 0.179 e. The average Bonchev–Trinajstić information content (AvgIpc) is 2.53. The SMILES string of the molecule is CCC(NCCc1ccc(O)cc1)C(=O)c1ccc(N)cc1. The van der Waals surface area contributed by atoms with E-state index in [2.05, 4.69) is 5.32 Å². The molecule has 1 atom stereocenters. The largest absolute Gasteiger partial charge is 0.508 e. The van der Waals surface area contributed by atoms with Crippen LogP contribution in [-0.2, 0) is 6.42 Å². The standard InChI is InChI=1S/C18H22N2O2/c1-2-17(18(22)14-5-7-15(19)8-6-14)20-12-11-13-3-9-16(21)10-4-13/h3-10,17,20-21H,2,11-12,19H2,1H3. The molecule has 0 aromatic heterocycles. The molecule has 0 aliphatic carbocycles. The van der Waals surface area contributed by atoms with Crippen molar-refractivity contribution in [1.29, 1.82) is 0 Å². The van der Waals surface area contributed by atoms with Crippen molar-refractivity contribution in [3.8, 4) is 5.75 Å². The van der Waals surface area contributed by atoms with Crippen LogP contribution in [0.25, 0.3) is 0 Å². The summed E-state index contributed by atoms with van der Waals surface area (Å²) in [6.45, 7) is 2.71. The number of Topliss-reactive ketones (excluding diaryl/α,β-unsaturated/α-hetero) is 1. The Bertz CT molecular complexity index is 606. The molecule has 4 nitrogen and oxygen atoms in total. The molecule has 22 heavy (non-hydrogen) atoms. The Labute approximate surface area is 131 Å². The second-order valence-corrected chi connectivity index (χ2v) is 5.32. The molecule has 4 N–H and O–H groups in total. The maximum absolute atomic E-state index is 12.4. The van der Waals surface area contributed by atoms with Gasteiger partial charge in [0, 0.05) is 11.3 Å². The molecule has 1 unspecified atom stereocenters. The summed E-state index contributed by atoms with van der Waals surface area (Å²) in [7, 11) is 0. The van der Waals surface area contributed by atoms with Gasteiger partial charge >= 0.3 is 0 Å². The molecule has 0 aliphatic rings. The Balaban J connectivity index is 1.90. The number of benzene rings is 2. The molecule has 2 aromatic carbocycles. The lowest BCUT2D eigenvalue weighted by Gasteiger charge is -2.16. The maximum atomic E-state index is 12.4. The van der Waals surface area contributed by atoms with E-state index in [1.165, 1.54) is 0 Å². The molecule has 0 saturated heterocycles. The quantitative estimate of drug-likeness (QED) is 0.543. The number of anilines is 1. The lowest BCUT2D eigenvalue weighted by molar-refractivity contribution is 0.0941. The predicted octanol–water partition coefficient (Wildman–Crippen LogP) is 2.77. The van der Waals surface area contributed by atoms with Crippen LogP contribution in [0.1, 0.15) is 29.3 Å². The first kappa shape index (κ1) is 16.0. The molecule has 0 radical (unpaired) electrons. The van der Waals surface area contributed by atoms with Crippen molar-refractivity contribution in [3.05, 3.63) is 59.7 Å². The number of phenols is 1. The van der Waals surface area contributed by atoms with Crippen molar-refractivity contribution < 1.29 is 9.90 Å². The van der Waals surface area contributed by atoms with E-state index in [0.717, 1.165) is 18.4 Å². The minimum absolute atomic E-state index is 0.0909. The van der Waals surface area contributed by atoms with Gasteiger partial charge in [0.15, 0.2) is 5.78 Å². The van der Waals surface area contributed by atoms with Crippen molar-refractivity contribution in [2.45, 2.75) is 25.8 Å². The zero-order chi connectivity index (χ0) is 15.9. The second kappa shape index (κ2) is 7.61. The lowest BCUT2D eigenvalue weighted by Crippen LogP contribution is -2.37. The van der Waals surface area contributed by atoms with E-state index in [9.17, 15) is 9.90 Å². The molecule has 0 heterocycles. The molecular formula is C18H22N2O2. The fraction of sp³-hybridized carbons (Fsp3) is 0.278. The number of phenolic OH excluding ortho intramolecular Hbond substituents is 1. The van der Waals surface area contributed by atoms with Crippen LogP contribution in [0.4, 0.5) is 5.69 Å². The third-order valence-electron chi connectivity index (χ3n) is 3.66. The molecular weight excluding hydrogens is 276 g/mol. The van der Waals surface area contributed by atoms with Gasteiger partial charge in [0.25, 0.3) is 0 Å². The van der Waals surface area contributed by atoms with Gasteiger partial charge in [-0.05, 0) is 61.3 Å². The van der Waals surface area contributed by atoms with Crippen LogP contribution in [0.3, 0.4) is 0 Å². The molecule has 0 amide bonds. The summed E-state index contributed by atoms with van der Waals surface area (Å²) in [6.07, 6.45) is 1.55. The first-order valence-electron chi connectivity index (χ1n) is 7.51. The van der Waals surface area contributed by atoms with E-state index in [0.29, 0.717) is 17.8 Å². The molecule has 0 spiro atoms. The molecule has 0 fully saturated rings. The average molecular weight is 298 g/mol. The Kier molecular flexibility index (Phi) is 5.55. The molecule has 0 bridgehead atoms. The number of rotatable bonds is 7. The Morgan fingerprint density at radius 2 is 1.77 bits per heavy atom. The number of hydrogen-bond acceptors (Lipinski definition) is 4. The molecule has 2 aromatic rings. The molecule has 116 valence electrons. The van der Waals surface area contributed by atoms with Crippen LogP contribution < -0.4 is 11.1 Å². The highest BCUT2D eigenvalue weighted by atomic mass is 16.3. The number of ketones is 1. The van der Waals surface area contributed by atoms with Gasteiger partial charge in [-0.2, -0.15) is 0 Å². The summed E-state index contributed by atoms with van der Waals surface area (Å²) in [5.74, 6) is 0.356. The van der Waals surface area contributed by atoms with Crippen LogP contribution >= 0.6 is 0 Å². The summed E-state index contributed by atoms with van der Waals surface area (Å²) in [6, 6.07) is 14.0. The van der Waals surface area contributed by atoms with Gasteiger partial charge in [-0.25, -0.2) is 0 Å². The van der Waals surface area contributed by atoms with Crippen LogP contribution in [-0.4, -0.2) is 23.5 Å². The highest BCUT2D eigenvalue weighted by Gasteiger charge is 2.17. The van der Waals surface area contributed by atoms with Gasteiger partial charge in [-0.3, -0.25) is 4.79 Å². The first-order chi connectivity index (χ1) is 10.6. The van der Waals surface area contributed by atoms with E-state index in [1.54, 1.807) is 36.4 Å². The number of aromatic hydroxyl groups is 1. The van der Waals surface area contributed by atoms with Crippen molar-refractivity contribution in [2.75, 3.05) is 12.3 Å². The van der Waals surface area contributed by atoms with E-state index in [4.69, 9.17) is 5.73 Å². The number of nitrogens with one attached hydrogen (secondary N) is 1. The summed E-state index contributed by atoms with van der Waals surface area (Å²) in [5.41, 5.74) is 8.11.